The third-order valence-corrected chi connectivity index (χ3v) is 8.30. The second-order valence-electron chi connectivity index (χ2n) is 9.39. The molecule has 4 N–H and O–H groups in total. The van der Waals surface area contributed by atoms with Gasteiger partial charge in [0.15, 0.2) is 0 Å². The molecule has 2 heterocycles. The van der Waals surface area contributed by atoms with Crippen molar-refractivity contribution in [3.05, 3.63) is 53.5 Å². The Labute approximate surface area is 245 Å². The maximum Gasteiger partial charge on any atom is 0.267 e. The number of halogens is 2. The van der Waals surface area contributed by atoms with Crippen molar-refractivity contribution < 1.29 is 56.2 Å². The van der Waals surface area contributed by atoms with Crippen LogP contribution in [0.15, 0.2) is 31.3 Å². The summed E-state index contributed by atoms with van der Waals surface area (Å²) in [5.41, 5.74) is -1.14. The molecule has 0 fully saturated rings. The molecule has 0 saturated carbocycles. The Kier molecular flexibility index (Phi) is 12.7. The van der Waals surface area contributed by atoms with Gasteiger partial charge in [0, 0.05) is 38.1 Å². The summed E-state index contributed by atoms with van der Waals surface area (Å²) in [5, 5.41) is 17.1. The molecule has 4 atom stereocenters. The van der Waals surface area contributed by atoms with E-state index < -0.39 is 116 Å². The molecule has 0 amide bonds. The summed E-state index contributed by atoms with van der Waals surface area (Å²) in [6.07, 6.45) is 0. The van der Waals surface area contributed by atoms with Crippen molar-refractivity contribution in [3.8, 4) is 0 Å². The average Bonchev–Trinajstić information content (AvgIpc) is 3.35. The number of aromatic nitrogens is 2. The summed E-state index contributed by atoms with van der Waals surface area (Å²) >= 11 is 0. The van der Waals surface area contributed by atoms with Crippen LogP contribution >= 0.6 is 15.6 Å². The number of hydrogen-bond donors (Lipinski definition) is 4. The lowest BCUT2D eigenvalue weighted by atomic mass is 10.1. The van der Waals surface area contributed by atoms with Gasteiger partial charge in [-0.05, 0) is 12.1 Å². The first-order valence-corrected chi connectivity index (χ1v) is 15.7. The molecule has 3 aromatic rings. The molecular formula is C22H28F2N4O14P2-2. The van der Waals surface area contributed by atoms with Gasteiger partial charge in [-0.1, -0.05) is 0 Å². The second kappa shape index (κ2) is 15.6. The summed E-state index contributed by atoms with van der Waals surface area (Å²) in [5.74, 6) is -1.80. The molecule has 0 radical (unpaired) electrons. The molecule has 4 unspecified atom stereocenters. The first kappa shape index (κ1) is 35.9. The predicted octanol–water partition coefficient (Wildman–Crippen LogP) is -2.92. The van der Waals surface area contributed by atoms with E-state index in [2.05, 4.69) is 18.1 Å². The van der Waals surface area contributed by atoms with Gasteiger partial charge >= 0.3 is 0 Å². The lowest BCUT2D eigenvalue weighted by Crippen LogP contribution is -2.29. The molecule has 2 aromatic heterocycles. The van der Waals surface area contributed by atoms with Gasteiger partial charge in [-0.3, -0.25) is 37.4 Å². The van der Waals surface area contributed by atoms with E-state index in [-0.39, 0.29) is 21.5 Å². The first-order valence-electron chi connectivity index (χ1n) is 12.8. The van der Waals surface area contributed by atoms with Crippen LogP contribution in [0.5, 0.6) is 0 Å². The summed E-state index contributed by atoms with van der Waals surface area (Å²) in [6.45, 7) is -5.72. The first-order chi connectivity index (χ1) is 20.8. The van der Waals surface area contributed by atoms with Gasteiger partial charge in [0.05, 0.1) is 61.1 Å². The highest BCUT2D eigenvalue weighted by molar-refractivity contribution is 7.46. The lowest BCUT2D eigenvalue weighted by molar-refractivity contribution is -0.228. The Morgan fingerprint density at radius 2 is 1.00 bits per heavy atom. The molecule has 0 aliphatic carbocycles. The SMILES string of the molecule is O=c1c2cc3c(=O)n(CCOP(=O)([O-])OCC(CO)CNF)c(=O)c3cc2c(=O)n1CCOP(=O)([O-])OCC(CO)CNF. The summed E-state index contributed by atoms with van der Waals surface area (Å²) < 4.78 is 67.8. The lowest BCUT2D eigenvalue weighted by Gasteiger charge is -2.24. The van der Waals surface area contributed by atoms with Crippen LogP contribution in [-0.4, -0.2) is 72.1 Å². The maximum absolute atomic E-state index is 12.9. The molecule has 18 nitrogen and oxygen atoms in total. The molecule has 0 bridgehead atoms. The van der Waals surface area contributed by atoms with E-state index in [0.29, 0.717) is 9.13 Å². The Bertz CT molecular complexity index is 1540. The largest absolute Gasteiger partial charge is 0.756 e. The number of fused-ring (bicyclic) bond motifs is 2. The number of phosphoric ester groups is 2. The van der Waals surface area contributed by atoms with Gasteiger partial charge in [0.25, 0.3) is 37.9 Å². The molecule has 1 aromatic carbocycles. The van der Waals surface area contributed by atoms with Gasteiger partial charge in [-0.2, -0.15) is 11.1 Å². The van der Waals surface area contributed by atoms with Crippen LogP contribution in [0.2, 0.25) is 0 Å². The van der Waals surface area contributed by atoms with E-state index in [9.17, 15) is 47.1 Å². The Hall–Kier alpha value is -2.58. The van der Waals surface area contributed by atoms with Crippen LogP contribution in [0.4, 0.5) is 8.96 Å². The monoisotopic (exact) mass is 672 g/mol. The number of aliphatic hydroxyl groups excluding tert-OH is 2. The van der Waals surface area contributed by atoms with Gasteiger partial charge < -0.3 is 38.1 Å². The molecule has 3 rings (SSSR count). The molecule has 246 valence electrons. The van der Waals surface area contributed by atoms with Crippen LogP contribution in [0.25, 0.3) is 21.5 Å². The normalized spacial score (nSPS) is 16.3. The van der Waals surface area contributed by atoms with Gasteiger partial charge in [0.1, 0.15) is 0 Å². The fourth-order valence-corrected chi connectivity index (χ4v) is 5.55. The standard InChI is InChI=1S/C22H30F2N4O14P2/c23-25-7-13(9-29)11-41-43(35,36)39-3-1-27-19(31)15-5-17-18(6-16(15)20(27)32)22(34)28(21(17)33)2-4-40-44(37,38)42-12-14(10-30)8-26-24/h5-6,13-14,25-26,29-30H,1-4,7-12H2,(H,35,36)(H,37,38)/p-2. The maximum atomic E-state index is 12.9. The van der Waals surface area contributed by atoms with E-state index in [1.54, 1.807) is 0 Å². The minimum atomic E-state index is -4.96. The van der Waals surface area contributed by atoms with Crippen molar-refractivity contribution in [1.82, 2.24) is 20.2 Å². The third kappa shape index (κ3) is 8.78. The van der Waals surface area contributed by atoms with E-state index in [1.165, 1.54) is 11.1 Å². The summed E-state index contributed by atoms with van der Waals surface area (Å²) in [6, 6.07) is 2.02. The predicted molar refractivity (Wildman–Crippen MR) is 143 cm³/mol. The van der Waals surface area contributed by atoms with E-state index in [4.69, 9.17) is 10.2 Å². The number of nitrogens with one attached hydrogen (secondary N) is 2. The Morgan fingerprint density at radius 3 is 1.27 bits per heavy atom. The van der Waals surface area contributed by atoms with Crippen molar-refractivity contribution in [1.29, 1.82) is 0 Å². The molecule has 22 heteroatoms. The molecular weight excluding hydrogens is 644 g/mol. The van der Waals surface area contributed by atoms with E-state index in [0.717, 1.165) is 12.1 Å². The van der Waals surface area contributed by atoms with E-state index >= 15 is 0 Å². The summed E-state index contributed by atoms with van der Waals surface area (Å²) in [7, 11) is -9.92. The van der Waals surface area contributed by atoms with Crippen LogP contribution in [0.1, 0.15) is 0 Å². The van der Waals surface area contributed by atoms with Gasteiger partial charge in [-0.25, -0.2) is 0 Å². The molecule has 44 heavy (non-hydrogen) atoms. The second-order valence-corrected chi connectivity index (χ2v) is 12.2. The van der Waals surface area contributed by atoms with Crippen LogP contribution < -0.4 is 43.1 Å². The van der Waals surface area contributed by atoms with Crippen LogP contribution in [-0.2, 0) is 40.3 Å². The average molecular weight is 672 g/mol. The molecule has 0 aliphatic rings. The topological polar surface area (TPSA) is 260 Å². The number of aliphatic hydroxyl groups is 2. The fourth-order valence-electron chi connectivity index (χ4n) is 4.01. The van der Waals surface area contributed by atoms with Gasteiger partial charge in [0.2, 0.25) is 0 Å². The van der Waals surface area contributed by atoms with E-state index in [1.807, 2.05) is 0 Å². The summed E-state index contributed by atoms with van der Waals surface area (Å²) in [4.78, 5) is 75.3. The minimum Gasteiger partial charge on any atom is -0.756 e. The molecule has 0 saturated heterocycles. The smallest absolute Gasteiger partial charge is 0.267 e. The third-order valence-electron chi connectivity index (χ3n) is 6.37. The van der Waals surface area contributed by atoms with Crippen LogP contribution in [0.3, 0.4) is 0 Å². The zero-order valence-electron chi connectivity index (χ0n) is 22.7. The zero-order chi connectivity index (χ0) is 32.7. The highest BCUT2D eigenvalue weighted by atomic mass is 31.2. The fraction of sp³-hybridized carbons (Fsp3) is 0.545. The number of phosphoric acid groups is 2. The van der Waals surface area contributed by atoms with Gasteiger partial charge in [-0.15, -0.1) is 8.96 Å². The number of nitrogens with zero attached hydrogens (tertiary/aromatic N) is 2. The van der Waals surface area contributed by atoms with Crippen molar-refractivity contribution in [2.75, 3.05) is 52.7 Å². The van der Waals surface area contributed by atoms with Crippen molar-refractivity contribution in [2.45, 2.75) is 13.1 Å². The number of benzene rings is 1. The Balaban J connectivity index is 1.71. The highest BCUT2D eigenvalue weighted by Gasteiger charge is 2.21. The zero-order valence-corrected chi connectivity index (χ0v) is 24.5. The molecule has 0 spiro atoms. The van der Waals surface area contributed by atoms with Crippen molar-refractivity contribution >= 4 is 37.2 Å². The van der Waals surface area contributed by atoms with Crippen molar-refractivity contribution in [3.63, 3.8) is 0 Å². The van der Waals surface area contributed by atoms with Crippen LogP contribution in [0, 0.1) is 11.8 Å². The highest BCUT2D eigenvalue weighted by Crippen LogP contribution is 2.39. The quantitative estimate of drug-likeness (QED) is 0.0692. The number of hydrogen-bond acceptors (Lipinski definition) is 16. The van der Waals surface area contributed by atoms with Crippen molar-refractivity contribution in [2.24, 2.45) is 11.8 Å². The Morgan fingerprint density at radius 1 is 0.682 bits per heavy atom. The number of rotatable bonds is 20. The minimum absolute atomic E-state index is 0.252. The molecule has 0 aliphatic heterocycles.